The number of nitrogens with one attached hydrogen (secondary N) is 2. The van der Waals surface area contributed by atoms with E-state index in [0.717, 1.165) is 25.7 Å². The van der Waals surface area contributed by atoms with Crippen LogP contribution in [-0.2, 0) is 4.79 Å². The predicted octanol–water partition coefficient (Wildman–Crippen LogP) is 5.25. The Balaban J connectivity index is 1.56. The molecular formula is C25H20ClFN6O3. The third-order valence-corrected chi connectivity index (χ3v) is 7.64. The number of aromatic nitrogens is 4. The standard InChI is InChI=1S/C25H20ClFN6O3/c26-13-8-14-22(32-33-23(14)29-10-13)21-15(9-28)18(16-2-1-7-36-16)19(27)24(31-21)30-20-12-5-3-11(4-6-12)17(20)25(34)35/h1-2,7-8,10-12,17,20H,3-6H2,(H,30,31)(H,34,35)(H,29,32,33). The van der Waals surface area contributed by atoms with Gasteiger partial charge in [-0.3, -0.25) is 9.89 Å². The summed E-state index contributed by atoms with van der Waals surface area (Å²) in [4.78, 5) is 20.9. The van der Waals surface area contributed by atoms with Gasteiger partial charge >= 0.3 is 5.97 Å². The Morgan fingerprint density at radius 2 is 2.08 bits per heavy atom. The molecule has 4 aromatic heterocycles. The van der Waals surface area contributed by atoms with Gasteiger partial charge in [0.15, 0.2) is 17.3 Å². The smallest absolute Gasteiger partial charge is 0.308 e. The van der Waals surface area contributed by atoms with Crippen LogP contribution in [0.5, 0.6) is 0 Å². The minimum Gasteiger partial charge on any atom is -0.481 e. The molecule has 0 amide bonds. The first-order valence-electron chi connectivity index (χ1n) is 11.6. The van der Waals surface area contributed by atoms with Crippen molar-refractivity contribution in [3.8, 4) is 28.8 Å². The lowest BCUT2D eigenvalue weighted by atomic mass is 9.61. The van der Waals surface area contributed by atoms with Crippen molar-refractivity contribution in [2.24, 2.45) is 17.8 Å². The van der Waals surface area contributed by atoms with Gasteiger partial charge < -0.3 is 14.8 Å². The molecule has 2 atom stereocenters. The molecule has 3 N–H and O–H groups in total. The Kier molecular flexibility index (Phi) is 5.38. The number of anilines is 1. The largest absolute Gasteiger partial charge is 0.481 e. The van der Waals surface area contributed by atoms with Crippen LogP contribution in [0.3, 0.4) is 0 Å². The van der Waals surface area contributed by atoms with Gasteiger partial charge in [0.25, 0.3) is 0 Å². The first-order chi connectivity index (χ1) is 17.5. The summed E-state index contributed by atoms with van der Waals surface area (Å²) in [7, 11) is 0. The summed E-state index contributed by atoms with van der Waals surface area (Å²) in [5, 5.41) is 31.1. The Morgan fingerprint density at radius 3 is 2.78 bits per heavy atom. The molecule has 36 heavy (non-hydrogen) atoms. The fourth-order valence-electron chi connectivity index (χ4n) is 5.83. The third-order valence-electron chi connectivity index (χ3n) is 7.44. The number of pyridine rings is 2. The van der Waals surface area contributed by atoms with Crippen molar-refractivity contribution in [1.29, 1.82) is 5.26 Å². The molecule has 182 valence electrons. The van der Waals surface area contributed by atoms with Crippen LogP contribution in [0, 0.1) is 34.9 Å². The van der Waals surface area contributed by atoms with Gasteiger partial charge in [0.2, 0.25) is 0 Å². The topological polar surface area (TPSA) is 141 Å². The van der Waals surface area contributed by atoms with Crippen LogP contribution in [0.25, 0.3) is 33.7 Å². The van der Waals surface area contributed by atoms with Crippen LogP contribution in [0.2, 0.25) is 5.02 Å². The molecule has 3 aliphatic carbocycles. The number of aromatic amines is 1. The predicted molar refractivity (Wildman–Crippen MR) is 128 cm³/mol. The van der Waals surface area contributed by atoms with E-state index in [9.17, 15) is 15.2 Å². The molecule has 2 unspecified atom stereocenters. The van der Waals surface area contributed by atoms with E-state index in [0.29, 0.717) is 21.7 Å². The van der Waals surface area contributed by atoms with Crippen molar-refractivity contribution >= 4 is 34.4 Å². The van der Waals surface area contributed by atoms with Crippen LogP contribution in [0.4, 0.5) is 10.2 Å². The van der Waals surface area contributed by atoms with Crippen LogP contribution < -0.4 is 5.32 Å². The van der Waals surface area contributed by atoms with Crippen molar-refractivity contribution in [3.05, 3.63) is 47.1 Å². The number of H-pyrrole nitrogens is 1. The number of hydrogen-bond donors (Lipinski definition) is 3. The monoisotopic (exact) mass is 506 g/mol. The van der Waals surface area contributed by atoms with Crippen LogP contribution in [0.1, 0.15) is 31.2 Å². The highest BCUT2D eigenvalue weighted by molar-refractivity contribution is 6.31. The summed E-state index contributed by atoms with van der Waals surface area (Å²) < 4.78 is 21.5. The van der Waals surface area contributed by atoms with E-state index in [1.54, 1.807) is 18.2 Å². The van der Waals surface area contributed by atoms with Crippen molar-refractivity contribution in [3.63, 3.8) is 0 Å². The zero-order valence-electron chi connectivity index (χ0n) is 18.8. The lowest BCUT2D eigenvalue weighted by molar-refractivity contribution is -0.148. The van der Waals surface area contributed by atoms with Crippen molar-refractivity contribution < 1.29 is 18.7 Å². The van der Waals surface area contributed by atoms with E-state index in [2.05, 4.69) is 31.6 Å². The average Bonchev–Trinajstić information content (AvgIpc) is 3.55. The lowest BCUT2D eigenvalue weighted by Crippen LogP contribution is -2.51. The highest BCUT2D eigenvalue weighted by Gasteiger charge is 2.47. The minimum atomic E-state index is -0.900. The Morgan fingerprint density at radius 1 is 1.31 bits per heavy atom. The zero-order chi connectivity index (χ0) is 25.0. The van der Waals surface area contributed by atoms with E-state index in [4.69, 9.17) is 16.0 Å². The third kappa shape index (κ3) is 3.50. The molecule has 3 saturated carbocycles. The van der Waals surface area contributed by atoms with Gasteiger partial charge in [0.05, 0.1) is 34.0 Å². The molecular weight excluding hydrogens is 487 g/mol. The molecule has 3 fully saturated rings. The van der Waals surface area contributed by atoms with E-state index in [1.165, 1.54) is 12.5 Å². The van der Waals surface area contributed by atoms with Crippen LogP contribution in [-0.4, -0.2) is 37.3 Å². The van der Waals surface area contributed by atoms with Gasteiger partial charge in [-0.05, 0) is 55.7 Å². The molecule has 0 saturated heterocycles. The maximum absolute atomic E-state index is 16.1. The number of nitriles is 1. The molecule has 4 heterocycles. The highest BCUT2D eigenvalue weighted by atomic mass is 35.5. The number of nitrogens with zero attached hydrogens (tertiary/aromatic N) is 4. The molecule has 7 rings (SSSR count). The molecule has 2 bridgehead atoms. The second-order valence-corrected chi connectivity index (χ2v) is 9.73. The summed E-state index contributed by atoms with van der Waals surface area (Å²) in [6.07, 6.45) is 6.27. The molecule has 4 aromatic rings. The van der Waals surface area contributed by atoms with Gasteiger partial charge in [0, 0.05) is 17.6 Å². The maximum atomic E-state index is 16.1. The number of halogens is 2. The van der Waals surface area contributed by atoms with Gasteiger partial charge in [-0.15, -0.1) is 0 Å². The van der Waals surface area contributed by atoms with E-state index < -0.39 is 23.7 Å². The Bertz CT molecular complexity index is 1520. The molecule has 0 aromatic carbocycles. The summed E-state index contributed by atoms with van der Waals surface area (Å²) in [6.45, 7) is 0. The summed E-state index contributed by atoms with van der Waals surface area (Å²) in [5.74, 6) is -2.22. The summed E-state index contributed by atoms with van der Waals surface area (Å²) >= 11 is 6.16. The van der Waals surface area contributed by atoms with Gasteiger partial charge in [-0.2, -0.15) is 10.4 Å². The first kappa shape index (κ1) is 22.5. The van der Waals surface area contributed by atoms with Gasteiger partial charge in [0.1, 0.15) is 17.5 Å². The van der Waals surface area contributed by atoms with Crippen molar-refractivity contribution in [1.82, 2.24) is 20.2 Å². The normalized spacial score (nSPS) is 23.0. The Labute approximate surface area is 209 Å². The highest BCUT2D eigenvalue weighted by Crippen LogP contribution is 2.47. The van der Waals surface area contributed by atoms with E-state index in [-0.39, 0.29) is 40.2 Å². The van der Waals surface area contributed by atoms with Crippen LogP contribution >= 0.6 is 11.6 Å². The minimum absolute atomic E-state index is 0.0280. The summed E-state index contributed by atoms with van der Waals surface area (Å²) in [5.41, 5.74) is 0.702. The number of carbonyl (C=O) groups is 1. The van der Waals surface area contributed by atoms with E-state index in [1.807, 2.05) is 0 Å². The quantitative estimate of drug-likeness (QED) is 0.333. The molecule has 3 aliphatic rings. The molecule has 11 heteroatoms. The maximum Gasteiger partial charge on any atom is 0.308 e. The van der Waals surface area contributed by atoms with Gasteiger partial charge in [-0.1, -0.05) is 11.6 Å². The molecule has 0 aliphatic heterocycles. The number of aliphatic carboxylic acids is 1. The average molecular weight is 507 g/mol. The number of fused-ring (bicyclic) bond motifs is 4. The molecule has 9 nitrogen and oxygen atoms in total. The summed E-state index contributed by atoms with van der Waals surface area (Å²) in [6, 6.07) is 6.36. The van der Waals surface area contributed by atoms with Gasteiger partial charge in [-0.25, -0.2) is 14.4 Å². The second kappa shape index (κ2) is 8.60. The van der Waals surface area contributed by atoms with E-state index >= 15 is 4.39 Å². The second-order valence-electron chi connectivity index (χ2n) is 9.29. The van der Waals surface area contributed by atoms with Crippen molar-refractivity contribution in [2.45, 2.75) is 31.7 Å². The SMILES string of the molecule is N#Cc1c(-c2[nH]nc3ncc(Cl)cc23)nc(NC2C3CCC(CC3)C2C(=O)O)c(F)c1-c1ccco1. The zero-order valence-corrected chi connectivity index (χ0v) is 19.6. The van der Waals surface area contributed by atoms with Crippen LogP contribution in [0.15, 0.2) is 35.1 Å². The molecule has 0 radical (unpaired) electrons. The number of furan rings is 1. The number of rotatable bonds is 5. The number of hydrogen-bond acceptors (Lipinski definition) is 7. The fraction of sp³-hybridized carbons (Fsp3) is 0.320. The van der Waals surface area contributed by atoms with Crippen molar-refractivity contribution in [2.75, 3.05) is 5.32 Å². The first-order valence-corrected chi connectivity index (χ1v) is 12.0. The number of carboxylic acid groups (broad SMARTS) is 1. The Hall–Kier alpha value is -3.97. The fourth-order valence-corrected chi connectivity index (χ4v) is 5.98. The molecule has 0 spiro atoms. The number of carboxylic acids is 1. The lowest BCUT2D eigenvalue weighted by Gasteiger charge is -2.47.